The number of aliphatic hydroxyl groups is 1. The van der Waals surface area contributed by atoms with E-state index in [4.69, 9.17) is 9.84 Å². The van der Waals surface area contributed by atoms with Gasteiger partial charge in [-0.15, -0.1) is 0 Å². The lowest BCUT2D eigenvalue weighted by atomic mass is 9.91. The zero-order chi connectivity index (χ0) is 28.9. The summed E-state index contributed by atoms with van der Waals surface area (Å²) in [5.41, 5.74) is 4.08. The summed E-state index contributed by atoms with van der Waals surface area (Å²) < 4.78 is 5.11. The van der Waals surface area contributed by atoms with Gasteiger partial charge in [-0.25, -0.2) is 9.78 Å². The highest BCUT2D eigenvalue weighted by atomic mass is 16.5. The zero-order valence-corrected chi connectivity index (χ0v) is 23.5. The molecule has 8 nitrogen and oxygen atoms in total. The Morgan fingerprint density at radius 3 is 2.15 bits per heavy atom. The quantitative estimate of drug-likeness (QED) is 0.242. The predicted molar refractivity (Wildman–Crippen MR) is 157 cm³/mol. The number of hydrogen-bond donors (Lipinski definition) is 3. The summed E-state index contributed by atoms with van der Waals surface area (Å²) in [7, 11) is 0. The number of carbonyl (C=O) groups is 2. The second-order valence-electron chi connectivity index (χ2n) is 9.00. The summed E-state index contributed by atoms with van der Waals surface area (Å²) in [5.74, 6) is 1.03. The SMILES string of the molecule is CC.Cc1ccc(-c2cnc(C(C(C)c3ccccc3)N3C(=O)CNC3=O)[nH]2)cc1.OCCOc1ccccc1. The number of aliphatic hydroxyl groups excluding tert-OH is 1. The predicted octanol–water partition coefficient (Wildman–Crippen LogP) is 5.87. The van der Waals surface area contributed by atoms with Gasteiger partial charge in [-0.1, -0.05) is 99.1 Å². The van der Waals surface area contributed by atoms with Gasteiger partial charge in [0.2, 0.25) is 0 Å². The fourth-order valence-electron chi connectivity index (χ4n) is 4.28. The summed E-state index contributed by atoms with van der Waals surface area (Å²) in [6, 6.07) is 26.5. The van der Waals surface area contributed by atoms with Crippen LogP contribution < -0.4 is 10.1 Å². The van der Waals surface area contributed by atoms with E-state index in [2.05, 4.69) is 15.3 Å². The molecule has 210 valence electrons. The molecule has 0 spiro atoms. The maximum atomic E-state index is 12.5. The van der Waals surface area contributed by atoms with E-state index in [0.29, 0.717) is 12.4 Å². The van der Waals surface area contributed by atoms with Gasteiger partial charge in [-0.3, -0.25) is 9.69 Å². The van der Waals surface area contributed by atoms with Crippen LogP contribution in [-0.2, 0) is 4.79 Å². The highest BCUT2D eigenvalue weighted by Gasteiger charge is 2.40. The number of benzene rings is 3. The van der Waals surface area contributed by atoms with E-state index in [9.17, 15) is 9.59 Å². The van der Waals surface area contributed by atoms with Crippen LogP contribution in [0.15, 0.2) is 91.1 Å². The first-order valence-corrected chi connectivity index (χ1v) is 13.5. The first kappa shape index (κ1) is 30.1. The van der Waals surface area contributed by atoms with Crippen LogP contribution in [0.2, 0.25) is 0 Å². The number of aromatic nitrogens is 2. The molecular formula is C32H38N4O4. The summed E-state index contributed by atoms with van der Waals surface area (Å²) in [6.07, 6.45) is 1.75. The third kappa shape index (κ3) is 7.80. The molecule has 4 aromatic rings. The topological polar surface area (TPSA) is 108 Å². The molecule has 0 bridgehead atoms. The highest BCUT2D eigenvalue weighted by Crippen LogP contribution is 2.36. The summed E-state index contributed by atoms with van der Waals surface area (Å²) in [4.78, 5) is 34.0. The van der Waals surface area contributed by atoms with Gasteiger partial charge in [-0.05, 0) is 30.2 Å². The van der Waals surface area contributed by atoms with Crippen molar-refractivity contribution >= 4 is 11.9 Å². The largest absolute Gasteiger partial charge is 0.491 e. The number of imidazole rings is 1. The van der Waals surface area contributed by atoms with E-state index in [1.54, 1.807) is 6.20 Å². The minimum absolute atomic E-state index is 0.0162. The maximum absolute atomic E-state index is 12.5. The zero-order valence-electron chi connectivity index (χ0n) is 23.5. The van der Waals surface area contributed by atoms with Crippen molar-refractivity contribution in [3.8, 4) is 17.0 Å². The number of hydrogen-bond acceptors (Lipinski definition) is 5. The Balaban J connectivity index is 0.000000309. The molecule has 8 heteroatoms. The normalized spacial score (nSPS) is 13.8. The molecule has 5 rings (SSSR count). The van der Waals surface area contributed by atoms with Crippen LogP contribution in [0.3, 0.4) is 0 Å². The van der Waals surface area contributed by atoms with Crippen molar-refractivity contribution in [2.45, 2.75) is 39.7 Å². The molecule has 3 N–H and O–H groups in total. The van der Waals surface area contributed by atoms with E-state index in [-0.39, 0.29) is 31.0 Å². The number of amides is 3. The smallest absolute Gasteiger partial charge is 0.325 e. The Kier molecular flexibility index (Phi) is 11.5. The minimum Gasteiger partial charge on any atom is -0.491 e. The van der Waals surface area contributed by atoms with Gasteiger partial charge in [0, 0.05) is 5.92 Å². The minimum atomic E-state index is -0.517. The lowest BCUT2D eigenvalue weighted by Gasteiger charge is -2.29. The molecule has 0 saturated carbocycles. The van der Waals surface area contributed by atoms with Crippen LogP contribution in [0, 0.1) is 6.92 Å². The molecule has 3 aromatic carbocycles. The second-order valence-corrected chi connectivity index (χ2v) is 9.00. The van der Waals surface area contributed by atoms with Crippen LogP contribution in [0.4, 0.5) is 4.79 Å². The molecule has 1 aliphatic rings. The van der Waals surface area contributed by atoms with Crippen LogP contribution in [0.1, 0.15) is 49.7 Å². The lowest BCUT2D eigenvalue weighted by molar-refractivity contribution is -0.127. The van der Waals surface area contributed by atoms with Crippen molar-refractivity contribution in [3.63, 3.8) is 0 Å². The third-order valence-corrected chi connectivity index (χ3v) is 6.30. The molecule has 2 unspecified atom stereocenters. The first-order valence-electron chi connectivity index (χ1n) is 13.5. The fourth-order valence-corrected chi connectivity index (χ4v) is 4.28. The number of imide groups is 1. The van der Waals surface area contributed by atoms with Crippen molar-refractivity contribution in [3.05, 3.63) is 108 Å². The average Bonchev–Trinajstić information content (AvgIpc) is 3.62. The molecule has 3 amide bonds. The van der Waals surface area contributed by atoms with Crippen molar-refractivity contribution in [2.75, 3.05) is 19.8 Å². The number of carbonyl (C=O) groups excluding carboxylic acids is 2. The Morgan fingerprint density at radius 2 is 1.57 bits per heavy atom. The highest BCUT2D eigenvalue weighted by molar-refractivity contribution is 6.02. The van der Waals surface area contributed by atoms with Crippen LogP contribution >= 0.6 is 0 Å². The van der Waals surface area contributed by atoms with E-state index < -0.39 is 6.04 Å². The fraction of sp³-hybridized carbons (Fsp3) is 0.281. The maximum Gasteiger partial charge on any atom is 0.325 e. The van der Waals surface area contributed by atoms with Gasteiger partial charge in [0.05, 0.1) is 25.0 Å². The molecule has 0 aliphatic carbocycles. The third-order valence-electron chi connectivity index (χ3n) is 6.30. The molecule has 40 heavy (non-hydrogen) atoms. The van der Waals surface area contributed by atoms with Gasteiger partial charge in [0.15, 0.2) is 0 Å². The number of H-pyrrole nitrogens is 1. The molecule has 0 radical (unpaired) electrons. The standard InChI is InChI=1S/C22H22N4O2.C8H10O2.C2H6/c1-14-8-10-17(11-9-14)18-12-23-21(25-18)20(26-19(27)13-24-22(26)28)15(2)16-6-4-3-5-7-16;9-6-7-10-8-4-2-1-3-5-8;1-2/h3-12,15,20H,13H2,1-2H3,(H,23,25)(H,24,28);1-5,9H,6-7H2;1-2H3. The molecule has 1 saturated heterocycles. The Bertz CT molecular complexity index is 1310. The molecule has 1 aromatic heterocycles. The summed E-state index contributed by atoms with van der Waals surface area (Å²) >= 11 is 0. The molecule has 2 heterocycles. The van der Waals surface area contributed by atoms with Crippen molar-refractivity contribution in [1.82, 2.24) is 20.2 Å². The lowest BCUT2D eigenvalue weighted by Crippen LogP contribution is -2.38. The van der Waals surface area contributed by atoms with Gasteiger partial charge < -0.3 is 20.1 Å². The molecule has 1 aliphatic heterocycles. The van der Waals surface area contributed by atoms with E-state index in [0.717, 1.165) is 22.6 Å². The summed E-state index contributed by atoms with van der Waals surface area (Å²) in [5, 5.41) is 11.0. The number of nitrogens with zero attached hydrogens (tertiary/aromatic N) is 2. The second kappa shape index (κ2) is 15.2. The Morgan fingerprint density at radius 1 is 0.950 bits per heavy atom. The number of rotatable bonds is 8. The number of aromatic amines is 1. The van der Waals surface area contributed by atoms with Gasteiger partial charge >= 0.3 is 6.03 Å². The van der Waals surface area contributed by atoms with Gasteiger partial charge in [0.1, 0.15) is 24.2 Å². The number of para-hydroxylation sites is 1. The first-order chi connectivity index (χ1) is 19.5. The monoisotopic (exact) mass is 542 g/mol. The summed E-state index contributed by atoms with van der Waals surface area (Å²) in [6.45, 7) is 8.49. The van der Waals surface area contributed by atoms with Crippen molar-refractivity contribution in [2.24, 2.45) is 0 Å². The van der Waals surface area contributed by atoms with Crippen molar-refractivity contribution in [1.29, 1.82) is 0 Å². The molecule has 1 fully saturated rings. The number of aryl methyl sites for hydroxylation is 1. The van der Waals surface area contributed by atoms with Crippen molar-refractivity contribution < 1.29 is 19.4 Å². The van der Waals surface area contributed by atoms with Crippen LogP contribution in [0.25, 0.3) is 11.3 Å². The average molecular weight is 543 g/mol. The van der Waals surface area contributed by atoms with E-state index in [1.165, 1.54) is 10.5 Å². The number of urea groups is 1. The number of ether oxygens (including phenoxy) is 1. The van der Waals surface area contributed by atoms with E-state index >= 15 is 0 Å². The van der Waals surface area contributed by atoms with Gasteiger partial charge in [-0.2, -0.15) is 0 Å². The van der Waals surface area contributed by atoms with E-state index in [1.807, 2.05) is 113 Å². The van der Waals surface area contributed by atoms with Crippen LogP contribution in [0.5, 0.6) is 5.75 Å². The molecule has 2 atom stereocenters. The molecular weight excluding hydrogens is 504 g/mol. The van der Waals surface area contributed by atoms with Crippen LogP contribution in [-0.4, -0.2) is 51.7 Å². The Hall–Kier alpha value is -4.43. The van der Waals surface area contributed by atoms with Gasteiger partial charge in [0.25, 0.3) is 5.91 Å². The Labute approximate surface area is 236 Å². The number of nitrogens with one attached hydrogen (secondary N) is 2.